The zero-order chi connectivity index (χ0) is 23.3. The van der Waals surface area contributed by atoms with Crippen LogP contribution in [-0.2, 0) is 9.59 Å². The number of nitrogens with zero attached hydrogens (tertiary/aromatic N) is 3. The summed E-state index contributed by atoms with van der Waals surface area (Å²) in [4.78, 5) is 41.8. The van der Waals surface area contributed by atoms with E-state index in [2.05, 4.69) is 21.0 Å². The van der Waals surface area contributed by atoms with Crippen LogP contribution in [0.4, 0.5) is 11.4 Å². The predicted molar refractivity (Wildman–Crippen MR) is 131 cm³/mol. The maximum absolute atomic E-state index is 13.6. The average Bonchev–Trinajstić information content (AvgIpc) is 3.33. The number of carbonyl (C=O) groups is 3. The lowest BCUT2D eigenvalue weighted by molar-refractivity contribution is -0.121. The third-order valence-electron chi connectivity index (χ3n) is 5.89. The van der Waals surface area contributed by atoms with E-state index in [0.717, 1.165) is 9.37 Å². The Balaban J connectivity index is 1.64. The minimum atomic E-state index is -1.02. The number of hydrazone groups is 1. The van der Waals surface area contributed by atoms with Crippen molar-refractivity contribution in [2.75, 3.05) is 9.91 Å². The number of anilines is 2. The molecule has 33 heavy (non-hydrogen) atoms. The first-order valence-electron chi connectivity index (χ1n) is 10.2. The Kier molecular flexibility index (Phi) is 5.38. The SMILES string of the molecule is Cc1c(Cl)cccc1N1C(=O)C2C(C(=O)c3ccccc3)=NN(c3ccc(Br)cc3)C2C1=O. The zero-order valence-electron chi connectivity index (χ0n) is 17.4. The number of ketones is 1. The van der Waals surface area contributed by atoms with E-state index >= 15 is 0 Å². The summed E-state index contributed by atoms with van der Waals surface area (Å²) < 4.78 is 0.858. The zero-order valence-corrected chi connectivity index (χ0v) is 19.7. The average molecular weight is 523 g/mol. The Bertz CT molecular complexity index is 1320. The number of Topliss-reactive ketones (excluding diaryl/α,β-unsaturated/α-hetero) is 1. The van der Waals surface area contributed by atoms with Crippen LogP contribution >= 0.6 is 27.5 Å². The van der Waals surface area contributed by atoms with Gasteiger partial charge in [0.15, 0.2) is 0 Å². The molecule has 164 valence electrons. The highest BCUT2D eigenvalue weighted by Crippen LogP contribution is 2.40. The molecular formula is C25H17BrClN3O3. The summed E-state index contributed by atoms with van der Waals surface area (Å²) in [5.41, 5.74) is 2.09. The van der Waals surface area contributed by atoms with Crippen LogP contribution in [0.1, 0.15) is 15.9 Å². The molecule has 6 nitrogen and oxygen atoms in total. The summed E-state index contributed by atoms with van der Waals surface area (Å²) in [6, 6.07) is 19.9. The molecule has 3 aromatic carbocycles. The molecule has 0 N–H and O–H groups in total. The van der Waals surface area contributed by atoms with E-state index in [0.29, 0.717) is 27.5 Å². The fourth-order valence-corrected chi connectivity index (χ4v) is 4.66. The molecule has 0 aromatic heterocycles. The van der Waals surface area contributed by atoms with Gasteiger partial charge in [-0.1, -0.05) is 63.9 Å². The molecular weight excluding hydrogens is 506 g/mol. The van der Waals surface area contributed by atoms with E-state index in [4.69, 9.17) is 11.6 Å². The number of fused-ring (bicyclic) bond motifs is 1. The van der Waals surface area contributed by atoms with Gasteiger partial charge < -0.3 is 0 Å². The van der Waals surface area contributed by atoms with Crippen LogP contribution in [0.15, 0.2) is 82.4 Å². The van der Waals surface area contributed by atoms with E-state index in [-0.39, 0.29) is 11.5 Å². The van der Waals surface area contributed by atoms with E-state index in [1.165, 1.54) is 5.01 Å². The molecule has 1 fully saturated rings. The summed E-state index contributed by atoms with van der Waals surface area (Å²) in [7, 11) is 0. The van der Waals surface area contributed by atoms with Gasteiger partial charge in [0.2, 0.25) is 11.7 Å². The number of hydrogen-bond acceptors (Lipinski definition) is 5. The second kappa shape index (κ2) is 8.24. The third-order valence-corrected chi connectivity index (χ3v) is 6.83. The van der Waals surface area contributed by atoms with Crippen molar-refractivity contribution in [1.29, 1.82) is 0 Å². The third kappa shape index (κ3) is 3.48. The van der Waals surface area contributed by atoms with Gasteiger partial charge in [0.25, 0.3) is 5.91 Å². The lowest BCUT2D eigenvalue weighted by atomic mass is 9.92. The Morgan fingerprint density at radius 1 is 0.939 bits per heavy atom. The van der Waals surface area contributed by atoms with Crippen LogP contribution in [0.3, 0.4) is 0 Å². The van der Waals surface area contributed by atoms with Crippen molar-refractivity contribution in [3.63, 3.8) is 0 Å². The number of amides is 2. The van der Waals surface area contributed by atoms with Crippen LogP contribution in [0.25, 0.3) is 0 Å². The second-order valence-corrected chi connectivity index (χ2v) is 9.14. The van der Waals surface area contributed by atoms with Gasteiger partial charge >= 0.3 is 0 Å². The maximum Gasteiger partial charge on any atom is 0.259 e. The molecule has 8 heteroatoms. The van der Waals surface area contributed by atoms with Crippen molar-refractivity contribution in [2.45, 2.75) is 13.0 Å². The smallest absolute Gasteiger partial charge is 0.259 e. The van der Waals surface area contributed by atoms with Crippen LogP contribution in [0.5, 0.6) is 0 Å². The molecule has 1 saturated heterocycles. The second-order valence-electron chi connectivity index (χ2n) is 7.82. The van der Waals surface area contributed by atoms with Crippen LogP contribution < -0.4 is 9.91 Å². The number of imide groups is 1. The first-order chi connectivity index (χ1) is 15.9. The van der Waals surface area contributed by atoms with Gasteiger partial charge in [0, 0.05) is 15.1 Å². The largest absolute Gasteiger partial charge is 0.287 e. The Labute approximate surface area is 203 Å². The quantitative estimate of drug-likeness (QED) is 0.356. The van der Waals surface area contributed by atoms with Gasteiger partial charge in [-0.15, -0.1) is 0 Å². The Morgan fingerprint density at radius 2 is 1.64 bits per heavy atom. The molecule has 2 aliphatic heterocycles. The molecule has 2 atom stereocenters. The van der Waals surface area contributed by atoms with E-state index in [1.807, 2.05) is 12.1 Å². The molecule has 0 saturated carbocycles. The number of hydrogen-bond donors (Lipinski definition) is 0. The van der Waals surface area contributed by atoms with Gasteiger partial charge in [-0.3, -0.25) is 19.4 Å². The van der Waals surface area contributed by atoms with Crippen molar-refractivity contribution in [3.8, 4) is 0 Å². The number of rotatable bonds is 4. The topological polar surface area (TPSA) is 70.1 Å². The molecule has 2 heterocycles. The Morgan fingerprint density at radius 3 is 2.33 bits per heavy atom. The standard InChI is InChI=1S/C25H17BrClN3O3/c1-14-18(27)8-5-9-19(14)29-24(32)20-21(23(31)15-6-3-2-4-7-15)28-30(22(20)25(29)33)17-12-10-16(26)11-13-17/h2-13,20,22H,1H3. The molecule has 0 bridgehead atoms. The minimum Gasteiger partial charge on any atom is -0.287 e. The lowest BCUT2D eigenvalue weighted by Gasteiger charge is -2.23. The number of benzene rings is 3. The van der Waals surface area contributed by atoms with Crippen LogP contribution in [0, 0.1) is 12.8 Å². The van der Waals surface area contributed by atoms with Gasteiger partial charge in [0.1, 0.15) is 17.7 Å². The van der Waals surface area contributed by atoms with Crippen molar-refractivity contribution in [1.82, 2.24) is 0 Å². The maximum atomic E-state index is 13.6. The predicted octanol–water partition coefficient (Wildman–Crippen LogP) is 5.03. The molecule has 0 spiro atoms. The minimum absolute atomic E-state index is 0.0506. The highest BCUT2D eigenvalue weighted by Gasteiger charge is 2.58. The monoisotopic (exact) mass is 521 g/mol. The van der Waals surface area contributed by atoms with Crippen LogP contribution in [-0.4, -0.2) is 29.4 Å². The first-order valence-corrected chi connectivity index (χ1v) is 11.4. The normalized spacial score (nSPS) is 19.7. The molecule has 5 rings (SSSR count). The fraction of sp³-hybridized carbons (Fsp3) is 0.120. The molecule has 2 amide bonds. The highest BCUT2D eigenvalue weighted by atomic mass is 79.9. The molecule has 0 radical (unpaired) electrons. The van der Waals surface area contributed by atoms with Gasteiger partial charge in [-0.2, -0.15) is 5.10 Å². The van der Waals surface area contributed by atoms with Gasteiger partial charge in [-0.25, -0.2) is 4.90 Å². The Hall–Kier alpha value is -3.29. The van der Waals surface area contributed by atoms with Crippen molar-refractivity contribution in [3.05, 3.63) is 93.4 Å². The summed E-state index contributed by atoms with van der Waals surface area (Å²) in [6.07, 6.45) is 0. The van der Waals surface area contributed by atoms with Crippen molar-refractivity contribution >= 4 is 62.2 Å². The molecule has 3 aromatic rings. The van der Waals surface area contributed by atoms with E-state index in [1.54, 1.807) is 67.6 Å². The number of halogens is 2. The number of carbonyl (C=O) groups excluding carboxylic acids is 3. The van der Waals surface area contributed by atoms with E-state index in [9.17, 15) is 14.4 Å². The summed E-state index contributed by atoms with van der Waals surface area (Å²) in [6.45, 7) is 1.75. The first kappa shape index (κ1) is 21.6. The lowest BCUT2D eigenvalue weighted by Crippen LogP contribution is -2.39. The van der Waals surface area contributed by atoms with Crippen LogP contribution in [0.2, 0.25) is 5.02 Å². The summed E-state index contributed by atoms with van der Waals surface area (Å²) in [5.74, 6) is -2.33. The van der Waals surface area contributed by atoms with Crippen molar-refractivity contribution in [2.24, 2.45) is 11.0 Å². The summed E-state index contributed by atoms with van der Waals surface area (Å²) in [5, 5.41) is 6.44. The molecule has 0 aliphatic carbocycles. The highest BCUT2D eigenvalue weighted by molar-refractivity contribution is 9.10. The summed E-state index contributed by atoms with van der Waals surface area (Å²) >= 11 is 9.67. The molecule has 2 aliphatic rings. The van der Waals surface area contributed by atoms with Crippen molar-refractivity contribution < 1.29 is 14.4 Å². The van der Waals surface area contributed by atoms with E-state index < -0.39 is 23.8 Å². The molecule has 2 unspecified atom stereocenters. The fourth-order valence-electron chi connectivity index (χ4n) is 4.22. The van der Waals surface area contributed by atoms with Gasteiger partial charge in [0.05, 0.1) is 11.4 Å². The van der Waals surface area contributed by atoms with Gasteiger partial charge in [-0.05, 0) is 48.9 Å².